The number of hydrogen-bond acceptors (Lipinski definition) is 9. The molecular weight excluding hydrogens is 502 g/mol. The Morgan fingerprint density at radius 2 is 1.54 bits per heavy atom. The van der Waals surface area contributed by atoms with Gasteiger partial charge in [-0.25, -0.2) is 24.0 Å². The third-order valence-electron chi connectivity index (χ3n) is 6.49. The molecule has 5 rings (SSSR count). The van der Waals surface area contributed by atoms with Crippen LogP contribution >= 0.6 is 0 Å². The second kappa shape index (κ2) is 11.4. The van der Waals surface area contributed by atoms with Crippen LogP contribution in [-0.2, 0) is 20.6 Å². The van der Waals surface area contributed by atoms with Crippen LogP contribution in [0.5, 0.6) is 0 Å². The van der Waals surface area contributed by atoms with Gasteiger partial charge in [0.15, 0.2) is 24.3 Å². The molecule has 11 nitrogen and oxygen atoms in total. The summed E-state index contributed by atoms with van der Waals surface area (Å²) in [6.45, 7) is 3.77. The summed E-state index contributed by atoms with van der Waals surface area (Å²) in [5.41, 5.74) is 0.696. The molecule has 11 heteroatoms. The molecule has 1 aliphatic rings. The molecule has 1 unspecified atom stereocenters. The van der Waals surface area contributed by atoms with Crippen molar-refractivity contribution in [2.24, 2.45) is 0 Å². The van der Waals surface area contributed by atoms with E-state index in [1.54, 1.807) is 66.9 Å². The molecule has 4 aromatic rings. The molecule has 0 radical (unpaired) electrons. The Hall–Kier alpha value is -4.64. The van der Waals surface area contributed by atoms with Gasteiger partial charge in [-0.05, 0) is 37.1 Å². The van der Waals surface area contributed by atoms with Gasteiger partial charge in [0.1, 0.15) is 18.8 Å². The molecule has 0 aliphatic carbocycles. The molecule has 0 amide bonds. The Labute approximate surface area is 224 Å². The Bertz CT molecular complexity index is 1490. The quantitative estimate of drug-likeness (QED) is 0.316. The van der Waals surface area contributed by atoms with Gasteiger partial charge < -0.3 is 14.2 Å². The molecule has 1 fully saturated rings. The van der Waals surface area contributed by atoms with E-state index in [0.29, 0.717) is 35.3 Å². The van der Waals surface area contributed by atoms with Gasteiger partial charge in [-0.2, -0.15) is 10.1 Å². The van der Waals surface area contributed by atoms with Gasteiger partial charge in [0, 0.05) is 11.8 Å². The van der Waals surface area contributed by atoms with Crippen molar-refractivity contribution in [2.45, 2.75) is 51.2 Å². The number of aryl methyl sites for hydroxylation is 1. The average molecular weight is 530 g/mol. The van der Waals surface area contributed by atoms with Crippen LogP contribution in [0.4, 0.5) is 0 Å². The molecule has 4 atom stereocenters. The molecule has 0 N–H and O–H groups in total. The van der Waals surface area contributed by atoms with Crippen LogP contribution < -0.4 is 5.69 Å². The number of esters is 2. The zero-order valence-electron chi connectivity index (χ0n) is 21.4. The van der Waals surface area contributed by atoms with Crippen LogP contribution in [0.15, 0.2) is 84.3 Å². The first kappa shape index (κ1) is 26.0. The van der Waals surface area contributed by atoms with Crippen molar-refractivity contribution in [2.75, 3.05) is 0 Å². The van der Waals surface area contributed by atoms with Gasteiger partial charge in [-0.1, -0.05) is 50.2 Å². The maximum atomic E-state index is 13.3. The summed E-state index contributed by atoms with van der Waals surface area (Å²) in [7, 11) is 0. The summed E-state index contributed by atoms with van der Waals surface area (Å²) >= 11 is 0. The first-order valence-electron chi connectivity index (χ1n) is 12.6. The Morgan fingerprint density at radius 1 is 0.923 bits per heavy atom. The zero-order valence-corrected chi connectivity index (χ0v) is 21.4. The van der Waals surface area contributed by atoms with Crippen LogP contribution in [0.2, 0.25) is 0 Å². The largest absolute Gasteiger partial charge is 0.452 e. The van der Waals surface area contributed by atoms with E-state index >= 15 is 0 Å². The highest BCUT2D eigenvalue weighted by Gasteiger charge is 2.50. The summed E-state index contributed by atoms with van der Waals surface area (Å²) < 4.78 is 20.7. The van der Waals surface area contributed by atoms with Crippen molar-refractivity contribution >= 4 is 11.9 Å². The molecule has 1 saturated heterocycles. The van der Waals surface area contributed by atoms with E-state index in [0.717, 1.165) is 0 Å². The number of hydrogen-bond donors (Lipinski definition) is 0. The second-order valence-corrected chi connectivity index (χ2v) is 8.92. The van der Waals surface area contributed by atoms with Crippen molar-refractivity contribution in [3.05, 3.63) is 107 Å². The fourth-order valence-electron chi connectivity index (χ4n) is 4.51. The van der Waals surface area contributed by atoms with Crippen molar-refractivity contribution < 1.29 is 23.8 Å². The average Bonchev–Trinajstić information content (AvgIpc) is 3.63. The molecule has 1 aliphatic heterocycles. The minimum absolute atomic E-state index is 0.311. The lowest BCUT2D eigenvalue weighted by atomic mass is 10.1. The minimum atomic E-state index is -1.13. The molecule has 0 saturated carbocycles. The van der Waals surface area contributed by atoms with Crippen LogP contribution in [0.25, 0.3) is 5.82 Å². The topological polar surface area (TPSA) is 127 Å². The molecule has 0 bridgehead atoms. The van der Waals surface area contributed by atoms with E-state index in [2.05, 4.69) is 15.1 Å². The highest BCUT2D eigenvalue weighted by Crippen LogP contribution is 2.36. The lowest BCUT2D eigenvalue weighted by Gasteiger charge is -2.25. The Kier molecular flexibility index (Phi) is 7.60. The number of aromatic nitrogens is 5. The van der Waals surface area contributed by atoms with Crippen LogP contribution in [0.3, 0.4) is 0 Å². The monoisotopic (exact) mass is 529 g/mol. The predicted octanol–water partition coefficient (Wildman–Crippen LogP) is 3.15. The number of carbonyl (C=O) groups is 2. The smallest absolute Gasteiger partial charge is 0.351 e. The summed E-state index contributed by atoms with van der Waals surface area (Å²) in [4.78, 5) is 47.6. The van der Waals surface area contributed by atoms with Crippen molar-refractivity contribution in [1.29, 1.82) is 0 Å². The molecule has 200 valence electrons. The van der Waals surface area contributed by atoms with E-state index in [4.69, 9.17) is 14.2 Å². The van der Waals surface area contributed by atoms with Crippen LogP contribution in [0.1, 0.15) is 52.8 Å². The maximum absolute atomic E-state index is 13.3. The van der Waals surface area contributed by atoms with Crippen LogP contribution in [0, 0.1) is 0 Å². The van der Waals surface area contributed by atoms with Crippen molar-refractivity contribution in [3.8, 4) is 5.82 Å². The molecule has 0 spiro atoms. The standard InChI is InChI=1S/C28H27N5O6/c1-3-18-15-32(28(36)31-24(18)33-17-29-16-30-33)25-23(39-27(35)20-13-9-6-10-14-20)22(21(4-2)37-25)38-26(34)19-11-7-5-8-12-19/h5-17,21-23,25H,3-4H2,1-2H3/t21-,22?,23+,25-/m1/s1. The first-order valence-corrected chi connectivity index (χ1v) is 12.6. The highest BCUT2D eigenvalue weighted by molar-refractivity contribution is 5.90. The van der Waals surface area contributed by atoms with E-state index in [9.17, 15) is 14.4 Å². The van der Waals surface area contributed by atoms with Gasteiger partial charge >= 0.3 is 17.6 Å². The van der Waals surface area contributed by atoms with Crippen LogP contribution in [-0.4, -0.2) is 54.6 Å². The third-order valence-corrected chi connectivity index (χ3v) is 6.49. The van der Waals surface area contributed by atoms with Gasteiger partial charge in [-0.3, -0.25) is 4.57 Å². The summed E-state index contributed by atoms with van der Waals surface area (Å²) in [5, 5.41) is 4.09. The summed E-state index contributed by atoms with van der Waals surface area (Å²) in [5.74, 6) is -0.890. The molecule has 2 aromatic carbocycles. The number of carbonyl (C=O) groups excluding carboxylic acids is 2. The van der Waals surface area contributed by atoms with Crippen molar-refractivity contribution in [3.63, 3.8) is 0 Å². The lowest BCUT2D eigenvalue weighted by Crippen LogP contribution is -2.41. The van der Waals surface area contributed by atoms with Crippen molar-refractivity contribution in [1.82, 2.24) is 24.3 Å². The molecule has 2 aromatic heterocycles. The van der Waals surface area contributed by atoms with E-state index < -0.39 is 42.2 Å². The number of benzene rings is 2. The number of nitrogens with zero attached hydrogens (tertiary/aromatic N) is 5. The fraction of sp³-hybridized carbons (Fsp3) is 0.286. The predicted molar refractivity (Wildman–Crippen MR) is 138 cm³/mol. The summed E-state index contributed by atoms with van der Waals surface area (Å²) in [6, 6.07) is 16.9. The fourth-order valence-corrected chi connectivity index (χ4v) is 4.51. The highest BCUT2D eigenvalue weighted by atomic mass is 16.6. The van der Waals surface area contributed by atoms with Gasteiger partial charge in [0.05, 0.1) is 11.1 Å². The zero-order chi connectivity index (χ0) is 27.4. The molecule has 39 heavy (non-hydrogen) atoms. The van der Waals surface area contributed by atoms with E-state index in [-0.39, 0.29) is 0 Å². The Balaban J connectivity index is 1.54. The number of ether oxygens (including phenoxy) is 3. The van der Waals surface area contributed by atoms with E-state index in [1.807, 2.05) is 13.8 Å². The Morgan fingerprint density at radius 3 is 2.08 bits per heavy atom. The first-order chi connectivity index (χ1) is 19.0. The molecule has 3 heterocycles. The number of rotatable bonds is 8. The van der Waals surface area contributed by atoms with Gasteiger partial charge in [0.25, 0.3) is 0 Å². The third kappa shape index (κ3) is 5.34. The summed E-state index contributed by atoms with van der Waals surface area (Å²) in [6.07, 6.45) is 1.51. The lowest BCUT2D eigenvalue weighted by molar-refractivity contribution is -0.0527. The minimum Gasteiger partial charge on any atom is -0.452 e. The maximum Gasteiger partial charge on any atom is 0.351 e. The SMILES string of the molecule is CCc1cn([C@@H]2O[C@H](CC)C(OC(=O)c3ccccc3)[C@@H]2OC(=O)c2ccccc2)c(=O)nc1-n1cncn1. The van der Waals surface area contributed by atoms with Gasteiger partial charge in [0.2, 0.25) is 0 Å². The van der Waals surface area contributed by atoms with Gasteiger partial charge in [-0.15, -0.1) is 0 Å². The second-order valence-electron chi connectivity index (χ2n) is 8.92. The molecular formula is C28H27N5O6. The normalized spacial score (nSPS) is 20.5. The van der Waals surface area contributed by atoms with E-state index in [1.165, 1.54) is 21.9 Å².